The molecular weight excluding hydrogens is 244 g/mol. The van der Waals surface area contributed by atoms with Crippen LogP contribution in [0.15, 0.2) is 0 Å². The Labute approximate surface area is 125 Å². The van der Waals surface area contributed by atoms with Gasteiger partial charge in [0.1, 0.15) is 0 Å². The van der Waals surface area contributed by atoms with Gasteiger partial charge in [-0.3, -0.25) is 4.90 Å². The third kappa shape index (κ3) is 3.39. The van der Waals surface area contributed by atoms with Gasteiger partial charge in [0, 0.05) is 24.7 Å². The average Bonchev–Trinajstić information content (AvgIpc) is 3.12. The van der Waals surface area contributed by atoms with E-state index in [2.05, 4.69) is 17.1 Å². The van der Waals surface area contributed by atoms with Gasteiger partial charge in [-0.15, -0.1) is 0 Å². The zero-order valence-electron chi connectivity index (χ0n) is 13.5. The molecule has 116 valence electrons. The van der Waals surface area contributed by atoms with Crippen LogP contribution in [0.1, 0.15) is 77.6 Å². The quantitative estimate of drug-likeness (QED) is 0.819. The second-order valence-corrected chi connectivity index (χ2v) is 7.69. The van der Waals surface area contributed by atoms with Crippen molar-refractivity contribution in [2.24, 2.45) is 5.92 Å². The largest absolute Gasteiger partial charge is 0.308 e. The van der Waals surface area contributed by atoms with E-state index in [-0.39, 0.29) is 0 Å². The van der Waals surface area contributed by atoms with Crippen molar-refractivity contribution in [3.63, 3.8) is 0 Å². The minimum Gasteiger partial charge on any atom is -0.308 e. The second-order valence-electron chi connectivity index (χ2n) is 7.69. The SMILES string of the molecule is CCC1CNC2(CCCC2)CN1CCCC1CCCC1. The first kappa shape index (κ1) is 14.8. The van der Waals surface area contributed by atoms with Crippen LogP contribution in [-0.2, 0) is 0 Å². The van der Waals surface area contributed by atoms with Crippen molar-refractivity contribution < 1.29 is 0 Å². The lowest BCUT2D eigenvalue weighted by Crippen LogP contribution is -2.63. The molecule has 1 saturated heterocycles. The number of hydrogen-bond acceptors (Lipinski definition) is 2. The van der Waals surface area contributed by atoms with Crippen molar-refractivity contribution in [1.82, 2.24) is 10.2 Å². The highest BCUT2D eigenvalue weighted by atomic mass is 15.3. The molecule has 3 fully saturated rings. The third-order valence-electron chi connectivity index (χ3n) is 6.30. The smallest absolute Gasteiger partial charge is 0.0309 e. The second kappa shape index (κ2) is 6.79. The van der Waals surface area contributed by atoms with Crippen LogP contribution in [0.5, 0.6) is 0 Å². The number of piperazine rings is 1. The fourth-order valence-corrected chi connectivity index (χ4v) is 4.97. The Morgan fingerprint density at radius 2 is 1.85 bits per heavy atom. The highest BCUT2D eigenvalue weighted by Gasteiger charge is 2.40. The Kier molecular flexibility index (Phi) is 5.04. The number of rotatable bonds is 5. The van der Waals surface area contributed by atoms with Crippen LogP contribution >= 0.6 is 0 Å². The molecule has 2 saturated carbocycles. The predicted octanol–water partition coefficient (Wildman–Crippen LogP) is 3.95. The topological polar surface area (TPSA) is 15.3 Å². The standard InChI is InChI=1S/C18H34N2/c1-2-17-14-19-18(11-5-6-12-18)15-20(17)13-7-10-16-8-3-4-9-16/h16-17,19H,2-15H2,1H3. The summed E-state index contributed by atoms with van der Waals surface area (Å²) in [5.74, 6) is 1.07. The summed E-state index contributed by atoms with van der Waals surface area (Å²) in [4.78, 5) is 2.84. The fraction of sp³-hybridized carbons (Fsp3) is 1.00. The minimum atomic E-state index is 0.499. The van der Waals surface area contributed by atoms with Crippen LogP contribution < -0.4 is 5.32 Å². The molecule has 1 unspecified atom stereocenters. The van der Waals surface area contributed by atoms with Crippen LogP contribution in [0.4, 0.5) is 0 Å². The summed E-state index contributed by atoms with van der Waals surface area (Å²) >= 11 is 0. The first-order chi connectivity index (χ1) is 9.81. The van der Waals surface area contributed by atoms with Crippen molar-refractivity contribution in [2.45, 2.75) is 89.1 Å². The first-order valence-electron chi connectivity index (χ1n) is 9.30. The summed E-state index contributed by atoms with van der Waals surface area (Å²) in [6.07, 6.45) is 16.0. The molecule has 2 nitrogen and oxygen atoms in total. The summed E-state index contributed by atoms with van der Waals surface area (Å²) in [7, 11) is 0. The van der Waals surface area contributed by atoms with Crippen molar-refractivity contribution in [3.8, 4) is 0 Å². The average molecular weight is 278 g/mol. The predicted molar refractivity (Wildman–Crippen MR) is 86.0 cm³/mol. The Morgan fingerprint density at radius 3 is 2.55 bits per heavy atom. The lowest BCUT2D eigenvalue weighted by Gasteiger charge is -2.46. The molecule has 1 atom stereocenters. The molecule has 3 rings (SSSR count). The van der Waals surface area contributed by atoms with Crippen LogP contribution in [0.25, 0.3) is 0 Å². The van der Waals surface area contributed by atoms with Gasteiger partial charge in [0.15, 0.2) is 0 Å². The third-order valence-corrected chi connectivity index (χ3v) is 6.30. The Hall–Kier alpha value is -0.0800. The van der Waals surface area contributed by atoms with E-state index in [1.54, 1.807) is 0 Å². The Morgan fingerprint density at radius 1 is 1.10 bits per heavy atom. The van der Waals surface area contributed by atoms with Crippen LogP contribution in [-0.4, -0.2) is 36.1 Å². The highest BCUT2D eigenvalue weighted by molar-refractivity contribution is 5.00. The van der Waals surface area contributed by atoms with Gasteiger partial charge in [-0.05, 0) is 44.6 Å². The van der Waals surface area contributed by atoms with E-state index in [1.165, 1.54) is 90.3 Å². The van der Waals surface area contributed by atoms with E-state index >= 15 is 0 Å². The summed E-state index contributed by atoms with van der Waals surface area (Å²) in [5, 5.41) is 3.92. The molecule has 1 N–H and O–H groups in total. The van der Waals surface area contributed by atoms with E-state index in [9.17, 15) is 0 Å². The lowest BCUT2D eigenvalue weighted by atomic mass is 9.91. The van der Waals surface area contributed by atoms with Crippen LogP contribution in [0, 0.1) is 5.92 Å². The van der Waals surface area contributed by atoms with E-state index in [4.69, 9.17) is 0 Å². The molecule has 0 bridgehead atoms. The summed E-state index contributed by atoms with van der Waals surface area (Å²) in [6, 6.07) is 0.796. The Bertz CT molecular complexity index is 290. The molecule has 20 heavy (non-hydrogen) atoms. The van der Waals surface area contributed by atoms with Gasteiger partial charge in [-0.25, -0.2) is 0 Å². The minimum absolute atomic E-state index is 0.499. The molecule has 0 aromatic rings. The zero-order chi connectivity index (χ0) is 13.8. The maximum absolute atomic E-state index is 3.92. The summed E-state index contributed by atoms with van der Waals surface area (Å²) < 4.78 is 0. The van der Waals surface area contributed by atoms with Gasteiger partial charge < -0.3 is 5.32 Å². The molecule has 0 aromatic heterocycles. The number of nitrogens with one attached hydrogen (secondary N) is 1. The molecule has 0 radical (unpaired) electrons. The first-order valence-corrected chi connectivity index (χ1v) is 9.30. The number of nitrogens with zero attached hydrogens (tertiary/aromatic N) is 1. The van der Waals surface area contributed by atoms with Gasteiger partial charge in [0.25, 0.3) is 0 Å². The molecule has 1 spiro atoms. The molecule has 0 amide bonds. The highest BCUT2D eigenvalue weighted by Crippen LogP contribution is 2.34. The molecule has 2 heteroatoms. The monoisotopic (exact) mass is 278 g/mol. The molecule has 1 heterocycles. The summed E-state index contributed by atoms with van der Waals surface area (Å²) in [5.41, 5.74) is 0.499. The van der Waals surface area contributed by atoms with Gasteiger partial charge in [-0.1, -0.05) is 45.4 Å². The van der Waals surface area contributed by atoms with Crippen LogP contribution in [0.2, 0.25) is 0 Å². The van der Waals surface area contributed by atoms with Gasteiger partial charge in [0.05, 0.1) is 0 Å². The number of hydrogen-bond donors (Lipinski definition) is 1. The van der Waals surface area contributed by atoms with E-state index in [0.29, 0.717) is 5.54 Å². The van der Waals surface area contributed by atoms with Crippen molar-refractivity contribution in [1.29, 1.82) is 0 Å². The lowest BCUT2D eigenvalue weighted by molar-refractivity contribution is 0.0757. The zero-order valence-corrected chi connectivity index (χ0v) is 13.5. The molecule has 0 aromatic carbocycles. The van der Waals surface area contributed by atoms with Gasteiger partial charge in [0.2, 0.25) is 0 Å². The molecular formula is C18H34N2. The van der Waals surface area contributed by atoms with E-state index in [1.807, 2.05) is 0 Å². The van der Waals surface area contributed by atoms with Crippen LogP contribution in [0.3, 0.4) is 0 Å². The summed E-state index contributed by atoms with van der Waals surface area (Å²) in [6.45, 7) is 6.29. The van der Waals surface area contributed by atoms with E-state index < -0.39 is 0 Å². The molecule has 3 aliphatic rings. The van der Waals surface area contributed by atoms with E-state index in [0.717, 1.165) is 12.0 Å². The van der Waals surface area contributed by atoms with Crippen molar-refractivity contribution in [2.75, 3.05) is 19.6 Å². The molecule has 1 aliphatic heterocycles. The fourth-order valence-electron chi connectivity index (χ4n) is 4.97. The Balaban J connectivity index is 1.48. The normalized spacial score (nSPS) is 31.4. The van der Waals surface area contributed by atoms with Gasteiger partial charge >= 0.3 is 0 Å². The van der Waals surface area contributed by atoms with Crippen molar-refractivity contribution in [3.05, 3.63) is 0 Å². The maximum atomic E-state index is 3.92. The maximum Gasteiger partial charge on any atom is 0.0309 e. The van der Waals surface area contributed by atoms with Gasteiger partial charge in [-0.2, -0.15) is 0 Å². The van der Waals surface area contributed by atoms with Crippen molar-refractivity contribution >= 4 is 0 Å². The molecule has 2 aliphatic carbocycles.